The number of carbonyl (C=O) groups excluding carboxylic acids is 1. The Kier molecular flexibility index (Phi) is 6.35. The Hall–Kier alpha value is -3.48. The molecule has 4 aromatic rings. The highest BCUT2D eigenvalue weighted by Crippen LogP contribution is 2.34. The minimum Gasteiger partial charge on any atom is -0.392 e. The SMILES string of the molecule is CCC(C)[C@H](N)C(=O)Nc1cc(CO)cc(Nc2c3ccccc3nc3ccccc23)c1. The van der Waals surface area contributed by atoms with Crippen LogP contribution in [0.2, 0.25) is 0 Å². The normalized spacial score (nSPS) is 13.1. The van der Waals surface area contributed by atoms with E-state index in [2.05, 4.69) is 10.6 Å². The van der Waals surface area contributed by atoms with E-state index in [0.29, 0.717) is 11.3 Å². The van der Waals surface area contributed by atoms with Crippen molar-refractivity contribution < 1.29 is 9.90 Å². The molecule has 0 bridgehead atoms. The van der Waals surface area contributed by atoms with Gasteiger partial charge in [0.1, 0.15) is 0 Å². The number of aliphatic hydroxyl groups is 1. The van der Waals surface area contributed by atoms with Gasteiger partial charge in [0.2, 0.25) is 5.91 Å². The first-order valence-electron chi connectivity index (χ1n) is 10.9. The molecule has 0 spiro atoms. The monoisotopic (exact) mass is 428 g/mol. The van der Waals surface area contributed by atoms with Crippen LogP contribution < -0.4 is 16.4 Å². The quantitative estimate of drug-likeness (QED) is 0.313. The fourth-order valence-corrected chi connectivity index (χ4v) is 3.78. The Morgan fingerprint density at radius 3 is 2.19 bits per heavy atom. The Bertz CT molecular complexity index is 1220. The summed E-state index contributed by atoms with van der Waals surface area (Å²) in [6, 6.07) is 20.8. The summed E-state index contributed by atoms with van der Waals surface area (Å²) in [7, 11) is 0. The molecule has 32 heavy (non-hydrogen) atoms. The summed E-state index contributed by atoms with van der Waals surface area (Å²) >= 11 is 0. The van der Waals surface area contributed by atoms with Gasteiger partial charge in [-0.05, 0) is 41.8 Å². The Balaban J connectivity index is 1.74. The van der Waals surface area contributed by atoms with Gasteiger partial charge in [0.25, 0.3) is 0 Å². The van der Waals surface area contributed by atoms with Crippen molar-refractivity contribution in [1.29, 1.82) is 0 Å². The molecule has 0 aliphatic carbocycles. The van der Waals surface area contributed by atoms with Gasteiger partial charge in [-0.25, -0.2) is 4.98 Å². The number of nitrogens with two attached hydrogens (primary N) is 1. The predicted molar refractivity (Wildman–Crippen MR) is 131 cm³/mol. The van der Waals surface area contributed by atoms with Gasteiger partial charge in [0, 0.05) is 22.1 Å². The zero-order chi connectivity index (χ0) is 22.7. The van der Waals surface area contributed by atoms with Gasteiger partial charge in [-0.2, -0.15) is 0 Å². The van der Waals surface area contributed by atoms with E-state index in [1.54, 1.807) is 6.07 Å². The number of carbonyl (C=O) groups is 1. The molecule has 1 unspecified atom stereocenters. The van der Waals surface area contributed by atoms with Crippen LogP contribution in [-0.2, 0) is 11.4 Å². The smallest absolute Gasteiger partial charge is 0.241 e. The molecule has 6 nitrogen and oxygen atoms in total. The fourth-order valence-electron chi connectivity index (χ4n) is 3.78. The van der Waals surface area contributed by atoms with E-state index >= 15 is 0 Å². The highest BCUT2D eigenvalue weighted by molar-refractivity contribution is 6.08. The first-order valence-corrected chi connectivity index (χ1v) is 10.9. The van der Waals surface area contributed by atoms with Crippen LogP contribution in [0.1, 0.15) is 25.8 Å². The lowest BCUT2D eigenvalue weighted by molar-refractivity contribution is -0.118. The van der Waals surface area contributed by atoms with Crippen LogP contribution in [-0.4, -0.2) is 22.0 Å². The topological polar surface area (TPSA) is 100 Å². The van der Waals surface area contributed by atoms with E-state index in [-0.39, 0.29) is 18.4 Å². The second-order valence-corrected chi connectivity index (χ2v) is 8.12. The summed E-state index contributed by atoms with van der Waals surface area (Å²) in [5.74, 6) is -0.164. The third kappa shape index (κ3) is 4.42. The van der Waals surface area contributed by atoms with Crippen molar-refractivity contribution in [3.05, 3.63) is 72.3 Å². The van der Waals surface area contributed by atoms with Crippen molar-refractivity contribution in [3.63, 3.8) is 0 Å². The van der Waals surface area contributed by atoms with E-state index in [9.17, 15) is 9.90 Å². The van der Waals surface area contributed by atoms with Crippen LogP contribution >= 0.6 is 0 Å². The third-order valence-corrected chi connectivity index (χ3v) is 5.86. The molecular formula is C26H28N4O2. The molecule has 1 amide bonds. The van der Waals surface area contributed by atoms with Crippen molar-refractivity contribution >= 4 is 44.8 Å². The summed E-state index contributed by atoms with van der Waals surface area (Å²) in [6.45, 7) is 3.82. The van der Waals surface area contributed by atoms with Gasteiger partial charge < -0.3 is 21.5 Å². The number of pyridine rings is 1. The number of hydrogen-bond donors (Lipinski definition) is 4. The van der Waals surface area contributed by atoms with E-state index < -0.39 is 6.04 Å². The minimum absolute atomic E-state index is 0.0724. The van der Waals surface area contributed by atoms with E-state index in [0.717, 1.165) is 39.6 Å². The van der Waals surface area contributed by atoms with Gasteiger partial charge in [-0.3, -0.25) is 4.79 Å². The number of anilines is 3. The lowest BCUT2D eigenvalue weighted by atomic mass is 9.99. The van der Waals surface area contributed by atoms with Crippen molar-refractivity contribution in [1.82, 2.24) is 4.98 Å². The summed E-state index contributed by atoms with van der Waals surface area (Å²) in [4.78, 5) is 17.4. The summed E-state index contributed by atoms with van der Waals surface area (Å²) in [6.07, 6.45) is 0.820. The summed E-state index contributed by atoms with van der Waals surface area (Å²) in [5, 5.41) is 18.2. The summed E-state index contributed by atoms with van der Waals surface area (Å²) in [5.41, 5.74) is 10.8. The minimum atomic E-state index is -0.595. The van der Waals surface area contributed by atoms with Crippen LogP contribution in [0, 0.1) is 5.92 Å². The van der Waals surface area contributed by atoms with E-state index in [4.69, 9.17) is 10.7 Å². The largest absolute Gasteiger partial charge is 0.392 e. The maximum atomic E-state index is 12.6. The number of nitrogens with zero attached hydrogens (tertiary/aromatic N) is 1. The molecule has 0 radical (unpaired) electrons. The maximum absolute atomic E-state index is 12.6. The van der Waals surface area contributed by atoms with Crippen molar-refractivity contribution in [2.45, 2.75) is 32.9 Å². The Labute approximate surface area is 187 Å². The lowest BCUT2D eigenvalue weighted by Crippen LogP contribution is -2.40. The number of fused-ring (bicyclic) bond motifs is 2. The predicted octanol–water partition coefficient (Wildman–Crippen LogP) is 4.94. The number of hydrogen-bond acceptors (Lipinski definition) is 5. The van der Waals surface area contributed by atoms with E-state index in [1.807, 2.05) is 74.5 Å². The zero-order valence-corrected chi connectivity index (χ0v) is 18.3. The lowest BCUT2D eigenvalue weighted by Gasteiger charge is -2.19. The van der Waals surface area contributed by atoms with Gasteiger partial charge in [0.05, 0.1) is 29.4 Å². The van der Waals surface area contributed by atoms with Gasteiger partial charge >= 0.3 is 0 Å². The number of amides is 1. The second-order valence-electron chi connectivity index (χ2n) is 8.12. The number of para-hydroxylation sites is 2. The highest BCUT2D eigenvalue weighted by Gasteiger charge is 2.20. The molecule has 5 N–H and O–H groups in total. The fraction of sp³-hybridized carbons (Fsp3) is 0.231. The molecule has 0 saturated heterocycles. The molecule has 2 atom stereocenters. The molecule has 0 aliphatic rings. The molecule has 0 fully saturated rings. The van der Waals surface area contributed by atoms with E-state index in [1.165, 1.54) is 0 Å². The average Bonchev–Trinajstić information content (AvgIpc) is 2.82. The van der Waals surface area contributed by atoms with Crippen molar-refractivity contribution in [2.24, 2.45) is 11.7 Å². The molecule has 3 aromatic carbocycles. The highest BCUT2D eigenvalue weighted by atomic mass is 16.3. The number of nitrogens with one attached hydrogen (secondary N) is 2. The standard InChI is InChI=1S/C26H28N4O2/c1-3-16(2)24(27)26(32)29-19-13-17(15-31)12-18(14-19)28-25-20-8-4-6-10-22(20)30-23-11-7-5-9-21(23)25/h4-14,16,24,31H,3,15,27H2,1-2H3,(H,28,30)(H,29,32)/t16?,24-/m0/s1. The molecule has 1 heterocycles. The molecule has 4 rings (SSSR count). The molecule has 6 heteroatoms. The third-order valence-electron chi connectivity index (χ3n) is 5.86. The molecule has 164 valence electrons. The van der Waals surface area contributed by atoms with Crippen LogP contribution in [0.25, 0.3) is 21.8 Å². The van der Waals surface area contributed by atoms with Crippen molar-refractivity contribution in [2.75, 3.05) is 10.6 Å². The number of rotatable bonds is 7. The van der Waals surface area contributed by atoms with Crippen molar-refractivity contribution in [3.8, 4) is 0 Å². The maximum Gasteiger partial charge on any atom is 0.241 e. The van der Waals surface area contributed by atoms with Crippen LogP contribution in [0.5, 0.6) is 0 Å². The van der Waals surface area contributed by atoms with Crippen LogP contribution in [0.4, 0.5) is 17.1 Å². The Morgan fingerprint density at radius 2 is 1.59 bits per heavy atom. The van der Waals surface area contributed by atoms with Crippen LogP contribution in [0.15, 0.2) is 66.7 Å². The van der Waals surface area contributed by atoms with Gasteiger partial charge in [-0.1, -0.05) is 56.7 Å². The number of aliphatic hydroxyl groups excluding tert-OH is 1. The van der Waals surface area contributed by atoms with Gasteiger partial charge in [-0.15, -0.1) is 0 Å². The van der Waals surface area contributed by atoms with Gasteiger partial charge in [0.15, 0.2) is 0 Å². The van der Waals surface area contributed by atoms with Crippen LogP contribution in [0.3, 0.4) is 0 Å². The molecular weight excluding hydrogens is 400 g/mol. The zero-order valence-electron chi connectivity index (χ0n) is 18.3. The molecule has 1 aromatic heterocycles. The first kappa shape index (κ1) is 21.7. The summed E-state index contributed by atoms with van der Waals surface area (Å²) < 4.78 is 0. The molecule has 0 aliphatic heterocycles. The molecule has 0 saturated carbocycles. The average molecular weight is 429 g/mol. The first-order chi connectivity index (χ1) is 15.5. The Morgan fingerprint density at radius 1 is 1.00 bits per heavy atom. The second kappa shape index (κ2) is 9.34. The number of aromatic nitrogens is 1. The number of benzene rings is 3.